The normalized spacial score (nSPS) is 14.7. The van der Waals surface area contributed by atoms with E-state index in [-0.39, 0.29) is 11.6 Å². The van der Waals surface area contributed by atoms with Crippen LogP contribution >= 0.6 is 11.8 Å². The number of ketones is 1. The molecule has 0 heterocycles. The Bertz CT molecular complexity index is 649. The molecular weight excluding hydrogens is 283 g/mol. The van der Waals surface area contributed by atoms with Crippen molar-refractivity contribution in [1.82, 2.24) is 0 Å². The third-order valence-corrected chi connectivity index (χ3v) is 4.97. The van der Waals surface area contributed by atoms with E-state index in [9.17, 15) is 9.18 Å². The first-order valence-corrected chi connectivity index (χ1v) is 8.23. The summed E-state index contributed by atoms with van der Waals surface area (Å²) in [5.41, 5.74) is 2.03. The van der Waals surface area contributed by atoms with Crippen LogP contribution in [0, 0.1) is 5.82 Å². The highest BCUT2D eigenvalue weighted by atomic mass is 32.2. The van der Waals surface area contributed by atoms with Gasteiger partial charge in [0.05, 0.1) is 5.75 Å². The van der Waals surface area contributed by atoms with Crippen molar-refractivity contribution in [3.63, 3.8) is 0 Å². The first-order valence-electron chi connectivity index (χ1n) is 7.24. The zero-order valence-corrected chi connectivity index (χ0v) is 12.5. The van der Waals surface area contributed by atoms with Gasteiger partial charge in [-0.05, 0) is 42.5 Å². The molecule has 1 aliphatic rings. The van der Waals surface area contributed by atoms with E-state index in [1.54, 1.807) is 6.07 Å². The predicted molar refractivity (Wildman–Crippen MR) is 84.5 cm³/mol. The van der Waals surface area contributed by atoms with Gasteiger partial charge in [0.25, 0.3) is 0 Å². The molecule has 0 N–H and O–H groups in total. The number of carbonyl (C=O) groups excluding carboxylic acids is 1. The molecule has 108 valence electrons. The van der Waals surface area contributed by atoms with Gasteiger partial charge in [-0.25, -0.2) is 4.39 Å². The molecule has 0 atom stereocenters. The second-order valence-corrected chi connectivity index (χ2v) is 6.43. The number of hydrogen-bond donors (Lipinski definition) is 0. The minimum absolute atomic E-state index is 0.131. The Morgan fingerprint density at radius 3 is 2.67 bits per heavy atom. The van der Waals surface area contributed by atoms with Crippen LogP contribution in [0.3, 0.4) is 0 Å². The highest BCUT2D eigenvalue weighted by Gasteiger charge is 2.23. The number of carbonyl (C=O) groups is 1. The summed E-state index contributed by atoms with van der Waals surface area (Å²) in [5.74, 6) is 0.770. The fourth-order valence-electron chi connectivity index (χ4n) is 2.61. The summed E-state index contributed by atoms with van der Waals surface area (Å²) in [6.07, 6.45) is 3.62. The Hall–Kier alpha value is -1.61. The molecule has 0 aliphatic heterocycles. The van der Waals surface area contributed by atoms with E-state index in [4.69, 9.17) is 0 Å². The van der Waals surface area contributed by atoms with Crippen LogP contribution < -0.4 is 0 Å². The van der Waals surface area contributed by atoms with Crippen LogP contribution in [-0.2, 0) is 0 Å². The van der Waals surface area contributed by atoms with Crippen molar-refractivity contribution in [2.24, 2.45) is 0 Å². The van der Waals surface area contributed by atoms with Gasteiger partial charge < -0.3 is 0 Å². The molecular formula is C18H17FOS. The summed E-state index contributed by atoms with van der Waals surface area (Å²) in [5, 5.41) is 0. The number of benzene rings is 2. The maximum Gasteiger partial charge on any atom is 0.173 e. The lowest BCUT2D eigenvalue weighted by Gasteiger charge is -2.27. The minimum atomic E-state index is -0.262. The molecule has 0 amide bonds. The van der Waals surface area contributed by atoms with Gasteiger partial charge in [-0.2, -0.15) is 0 Å². The van der Waals surface area contributed by atoms with Gasteiger partial charge in [-0.15, -0.1) is 11.8 Å². The van der Waals surface area contributed by atoms with Crippen molar-refractivity contribution in [1.29, 1.82) is 0 Å². The average Bonchev–Trinajstić information content (AvgIpc) is 2.44. The maximum absolute atomic E-state index is 13.1. The van der Waals surface area contributed by atoms with Gasteiger partial charge >= 0.3 is 0 Å². The highest BCUT2D eigenvalue weighted by molar-refractivity contribution is 8.00. The maximum atomic E-state index is 13.1. The topological polar surface area (TPSA) is 17.1 Å². The van der Waals surface area contributed by atoms with Crippen LogP contribution in [0.5, 0.6) is 0 Å². The van der Waals surface area contributed by atoms with Gasteiger partial charge in [-0.3, -0.25) is 4.79 Å². The molecule has 1 nitrogen and oxygen atoms in total. The molecule has 0 unspecified atom stereocenters. The van der Waals surface area contributed by atoms with Crippen LogP contribution in [0.4, 0.5) is 4.39 Å². The summed E-state index contributed by atoms with van der Waals surface area (Å²) >= 11 is 1.39. The van der Waals surface area contributed by atoms with Gasteiger partial charge in [0.1, 0.15) is 5.82 Å². The summed E-state index contributed by atoms with van der Waals surface area (Å²) in [4.78, 5) is 13.2. The van der Waals surface area contributed by atoms with Crippen LogP contribution in [0.15, 0.2) is 53.4 Å². The number of hydrogen-bond acceptors (Lipinski definition) is 2. The van der Waals surface area contributed by atoms with Crippen molar-refractivity contribution in [2.75, 3.05) is 5.75 Å². The van der Waals surface area contributed by atoms with E-state index in [0.717, 1.165) is 10.5 Å². The summed E-state index contributed by atoms with van der Waals surface area (Å²) in [6.45, 7) is 0. The van der Waals surface area contributed by atoms with E-state index >= 15 is 0 Å². The van der Waals surface area contributed by atoms with E-state index in [2.05, 4.69) is 6.07 Å². The lowest BCUT2D eigenvalue weighted by atomic mass is 9.78. The van der Waals surface area contributed by atoms with Crippen molar-refractivity contribution < 1.29 is 9.18 Å². The SMILES string of the molecule is O=C(CSc1cccc(F)c1)c1ccccc1C1CCC1. The van der Waals surface area contributed by atoms with Crippen molar-refractivity contribution in [2.45, 2.75) is 30.1 Å². The molecule has 2 aromatic rings. The molecule has 0 aromatic heterocycles. The Morgan fingerprint density at radius 1 is 1.14 bits per heavy atom. The smallest absolute Gasteiger partial charge is 0.173 e. The zero-order chi connectivity index (χ0) is 14.7. The molecule has 0 radical (unpaired) electrons. The third-order valence-electron chi connectivity index (χ3n) is 3.97. The predicted octanol–water partition coefficient (Wildman–Crippen LogP) is 5.07. The monoisotopic (exact) mass is 300 g/mol. The molecule has 1 saturated carbocycles. The lowest BCUT2D eigenvalue weighted by molar-refractivity contribution is 0.102. The first-order chi connectivity index (χ1) is 10.2. The molecule has 1 aliphatic carbocycles. The van der Waals surface area contributed by atoms with Crippen molar-refractivity contribution in [3.05, 3.63) is 65.5 Å². The molecule has 3 rings (SSSR count). The second kappa shape index (κ2) is 6.44. The Labute approximate surface area is 128 Å². The Kier molecular flexibility index (Phi) is 4.39. The zero-order valence-electron chi connectivity index (χ0n) is 11.7. The Balaban J connectivity index is 1.71. The molecule has 21 heavy (non-hydrogen) atoms. The van der Waals surface area contributed by atoms with E-state index < -0.39 is 0 Å². The molecule has 0 saturated heterocycles. The summed E-state index contributed by atoms with van der Waals surface area (Å²) in [6, 6.07) is 14.3. The fourth-order valence-corrected chi connectivity index (χ4v) is 3.43. The number of halogens is 1. The summed E-state index contributed by atoms with van der Waals surface area (Å²) < 4.78 is 13.1. The molecule has 1 fully saturated rings. The number of Topliss-reactive ketones (excluding diaryl/α,β-unsaturated/α-hetero) is 1. The van der Waals surface area contributed by atoms with E-state index in [1.165, 1.54) is 48.7 Å². The average molecular weight is 300 g/mol. The quantitative estimate of drug-likeness (QED) is 0.566. The van der Waals surface area contributed by atoms with Gasteiger partial charge in [0.15, 0.2) is 5.78 Å². The largest absolute Gasteiger partial charge is 0.293 e. The highest BCUT2D eigenvalue weighted by Crippen LogP contribution is 2.38. The first kappa shape index (κ1) is 14.3. The molecule has 3 heteroatoms. The molecule has 0 bridgehead atoms. The van der Waals surface area contributed by atoms with Crippen LogP contribution in [0.1, 0.15) is 41.1 Å². The van der Waals surface area contributed by atoms with Crippen LogP contribution in [0.2, 0.25) is 0 Å². The van der Waals surface area contributed by atoms with Crippen LogP contribution in [0.25, 0.3) is 0 Å². The summed E-state index contributed by atoms with van der Waals surface area (Å²) in [7, 11) is 0. The van der Waals surface area contributed by atoms with Crippen molar-refractivity contribution >= 4 is 17.5 Å². The number of rotatable bonds is 5. The minimum Gasteiger partial charge on any atom is -0.293 e. The van der Waals surface area contributed by atoms with E-state index in [0.29, 0.717) is 11.7 Å². The Morgan fingerprint density at radius 2 is 1.95 bits per heavy atom. The van der Waals surface area contributed by atoms with Gasteiger partial charge in [0, 0.05) is 10.5 Å². The lowest BCUT2D eigenvalue weighted by Crippen LogP contribution is -2.14. The molecule has 0 spiro atoms. The number of thioether (sulfide) groups is 1. The van der Waals surface area contributed by atoms with Crippen LogP contribution in [-0.4, -0.2) is 11.5 Å². The third kappa shape index (κ3) is 3.35. The van der Waals surface area contributed by atoms with Crippen molar-refractivity contribution in [3.8, 4) is 0 Å². The standard InChI is InChI=1S/C18H17FOS/c19-14-7-4-8-15(11-14)21-12-18(20)17-10-2-1-9-16(17)13-5-3-6-13/h1-2,4,7-11,13H,3,5-6,12H2. The second-order valence-electron chi connectivity index (χ2n) is 5.38. The fraction of sp³-hybridized carbons (Fsp3) is 0.278. The van der Waals surface area contributed by atoms with Gasteiger partial charge in [-0.1, -0.05) is 36.8 Å². The van der Waals surface area contributed by atoms with E-state index in [1.807, 2.05) is 24.3 Å². The molecule has 2 aromatic carbocycles. The van der Waals surface area contributed by atoms with Gasteiger partial charge in [0.2, 0.25) is 0 Å².